The highest BCUT2D eigenvalue weighted by molar-refractivity contribution is 5.85. The van der Waals surface area contributed by atoms with Gasteiger partial charge in [-0.2, -0.15) is 0 Å². The minimum absolute atomic E-state index is 0.697. The van der Waals surface area contributed by atoms with Crippen LogP contribution in [0.2, 0.25) is 0 Å². The molecule has 4 nitrogen and oxygen atoms in total. The Labute approximate surface area is 129 Å². The zero-order chi connectivity index (χ0) is 15.0. The van der Waals surface area contributed by atoms with Gasteiger partial charge in [0.1, 0.15) is 0 Å². The van der Waals surface area contributed by atoms with Crippen LogP contribution < -0.4 is 0 Å². The summed E-state index contributed by atoms with van der Waals surface area (Å²) in [4.78, 5) is 16.9. The van der Waals surface area contributed by atoms with Gasteiger partial charge in [-0.1, -0.05) is 36.4 Å². The Morgan fingerprint density at radius 1 is 0.591 bits per heavy atom. The van der Waals surface area contributed by atoms with Crippen molar-refractivity contribution in [2.24, 2.45) is 9.98 Å². The van der Waals surface area contributed by atoms with Crippen LogP contribution in [0.5, 0.6) is 0 Å². The van der Waals surface area contributed by atoms with Crippen molar-refractivity contribution in [1.29, 1.82) is 0 Å². The fourth-order valence-corrected chi connectivity index (χ4v) is 1.81. The molecule has 0 aliphatic rings. The molecule has 0 bridgehead atoms. The van der Waals surface area contributed by atoms with E-state index in [-0.39, 0.29) is 0 Å². The Morgan fingerprint density at radius 2 is 1.05 bits per heavy atom. The summed E-state index contributed by atoms with van der Waals surface area (Å²) in [6.45, 7) is 0. The first-order valence-electron chi connectivity index (χ1n) is 6.90. The Balaban J connectivity index is 1.68. The molecule has 0 N–H and O–H groups in total. The molecule has 0 unspecified atom stereocenters. The molecule has 0 saturated carbocycles. The molecule has 0 aliphatic heterocycles. The summed E-state index contributed by atoms with van der Waals surface area (Å²) in [5, 5.41) is 0. The molecule has 1 aromatic carbocycles. The van der Waals surface area contributed by atoms with Crippen LogP contribution in [0.4, 0.5) is 11.6 Å². The van der Waals surface area contributed by atoms with E-state index in [1.54, 1.807) is 24.8 Å². The Kier molecular flexibility index (Phi) is 4.42. The lowest BCUT2D eigenvalue weighted by Crippen LogP contribution is -1.85. The highest BCUT2D eigenvalue weighted by Crippen LogP contribution is 2.08. The lowest BCUT2D eigenvalue weighted by molar-refractivity contribution is 1.28. The fourth-order valence-electron chi connectivity index (χ4n) is 1.81. The molecular formula is C18H14N4. The molecule has 0 aliphatic carbocycles. The molecule has 2 heterocycles. The van der Waals surface area contributed by atoms with Crippen LogP contribution in [0, 0.1) is 0 Å². The predicted molar refractivity (Wildman–Crippen MR) is 89.4 cm³/mol. The van der Waals surface area contributed by atoms with Gasteiger partial charge in [0.2, 0.25) is 0 Å². The number of pyridine rings is 2. The molecule has 2 aromatic heterocycles. The lowest BCUT2D eigenvalue weighted by atomic mass is 10.1. The third kappa shape index (κ3) is 3.93. The zero-order valence-corrected chi connectivity index (χ0v) is 11.9. The largest absolute Gasteiger partial charge is 0.237 e. The summed E-state index contributed by atoms with van der Waals surface area (Å²) >= 11 is 0. The van der Waals surface area contributed by atoms with E-state index >= 15 is 0 Å². The minimum Gasteiger partial charge on any atom is -0.237 e. The predicted octanol–water partition coefficient (Wildman–Crippen LogP) is 3.98. The molecule has 0 radical (unpaired) electrons. The summed E-state index contributed by atoms with van der Waals surface area (Å²) < 4.78 is 0. The average molecular weight is 286 g/mol. The van der Waals surface area contributed by atoms with Crippen LogP contribution in [0.15, 0.2) is 83.0 Å². The van der Waals surface area contributed by atoms with E-state index in [1.807, 2.05) is 60.7 Å². The smallest absolute Gasteiger partial charge is 0.151 e. The van der Waals surface area contributed by atoms with Crippen LogP contribution in [0.1, 0.15) is 11.1 Å². The maximum atomic E-state index is 4.32. The van der Waals surface area contributed by atoms with Crippen molar-refractivity contribution >= 4 is 24.1 Å². The van der Waals surface area contributed by atoms with Crippen molar-refractivity contribution in [1.82, 2.24) is 9.97 Å². The molecule has 106 valence electrons. The third-order valence-electron chi connectivity index (χ3n) is 2.93. The third-order valence-corrected chi connectivity index (χ3v) is 2.93. The van der Waals surface area contributed by atoms with Crippen LogP contribution in [-0.2, 0) is 0 Å². The topological polar surface area (TPSA) is 50.5 Å². The molecule has 4 heteroatoms. The highest BCUT2D eigenvalue weighted by Gasteiger charge is 1.92. The Bertz CT molecular complexity index is 695. The second-order valence-electron chi connectivity index (χ2n) is 4.56. The monoisotopic (exact) mass is 286 g/mol. The van der Waals surface area contributed by atoms with Crippen molar-refractivity contribution in [3.05, 3.63) is 84.2 Å². The molecule has 0 spiro atoms. The standard InChI is InChI=1S/C18H14N4/c1-3-11-19-17(5-1)21-13-15-7-9-16(10-8-15)14-22-18-6-2-4-12-20-18/h1-14H. The van der Waals surface area contributed by atoms with E-state index in [2.05, 4.69) is 20.0 Å². The van der Waals surface area contributed by atoms with Gasteiger partial charge in [-0.15, -0.1) is 0 Å². The van der Waals surface area contributed by atoms with E-state index in [1.165, 1.54) is 0 Å². The molecule has 0 saturated heterocycles. The summed E-state index contributed by atoms with van der Waals surface area (Å²) in [7, 11) is 0. The molecule has 0 atom stereocenters. The van der Waals surface area contributed by atoms with Crippen LogP contribution in [0.25, 0.3) is 0 Å². The van der Waals surface area contributed by atoms with Gasteiger partial charge < -0.3 is 0 Å². The zero-order valence-electron chi connectivity index (χ0n) is 11.9. The number of hydrogen-bond acceptors (Lipinski definition) is 4. The second kappa shape index (κ2) is 7.04. The van der Waals surface area contributed by atoms with Crippen molar-refractivity contribution in [2.45, 2.75) is 0 Å². The second-order valence-corrected chi connectivity index (χ2v) is 4.56. The molecule has 0 fully saturated rings. The van der Waals surface area contributed by atoms with Crippen LogP contribution >= 0.6 is 0 Å². The number of nitrogens with zero attached hydrogens (tertiary/aromatic N) is 4. The Morgan fingerprint density at radius 3 is 1.41 bits per heavy atom. The van der Waals surface area contributed by atoms with E-state index in [0.717, 1.165) is 11.1 Å². The number of hydrogen-bond donors (Lipinski definition) is 0. The van der Waals surface area contributed by atoms with E-state index in [4.69, 9.17) is 0 Å². The number of aromatic nitrogens is 2. The van der Waals surface area contributed by atoms with Crippen molar-refractivity contribution < 1.29 is 0 Å². The van der Waals surface area contributed by atoms with Crippen molar-refractivity contribution in [2.75, 3.05) is 0 Å². The van der Waals surface area contributed by atoms with E-state index in [9.17, 15) is 0 Å². The fraction of sp³-hybridized carbons (Fsp3) is 0. The maximum absolute atomic E-state index is 4.32. The van der Waals surface area contributed by atoms with Gasteiger partial charge >= 0.3 is 0 Å². The minimum atomic E-state index is 0.697. The first-order valence-corrected chi connectivity index (χ1v) is 6.90. The number of rotatable bonds is 4. The summed E-state index contributed by atoms with van der Waals surface area (Å²) in [6, 6.07) is 19.3. The van der Waals surface area contributed by atoms with Gasteiger partial charge in [-0.3, -0.25) is 0 Å². The quantitative estimate of drug-likeness (QED) is 0.681. The molecular weight excluding hydrogens is 272 g/mol. The van der Waals surface area contributed by atoms with Crippen molar-refractivity contribution in [3.8, 4) is 0 Å². The summed E-state index contributed by atoms with van der Waals surface area (Å²) in [5.41, 5.74) is 2.03. The van der Waals surface area contributed by atoms with Gasteiger partial charge in [-0.05, 0) is 35.4 Å². The van der Waals surface area contributed by atoms with Crippen LogP contribution in [0.3, 0.4) is 0 Å². The average Bonchev–Trinajstić information content (AvgIpc) is 2.61. The summed E-state index contributed by atoms with van der Waals surface area (Å²) in [5.74, 6) is 1.39. The van der Waals surface area contributed by atoms with Crippen molar-refractivity contribution in [3.63, 3.8) is 0 Å². The normalized spacial score (nSPS) is 11.3. The highest BCUT2D eigenvalue weighted by atomic mass is 14.9. The van der Waals surface area contributed by atoms with Gasteiger partial charge in [-0.25, -0.2) is 20.0 Å². The van der Waals surface area contributed by atoms with E-state index in [0.29, 0.717) is 11.6 Å². The van der Waals surface area contributed by atoms with Gasteiger partial charge in [0.25, 0.3) is 0 Å². The van der Waals surface area contributed by atoms with Gasteiger partial charge in [0.15, 0.2) is 11.6 Å². The molecule has 3 rings (SSSR count). The van der Waals surface area contributed by atoms with Crippen LogP contribution in [-0.4, -0.2) is 22.4 Å². The maximum Gasteiger partial charge on any atom is 0.151 e. The lowest BCUT2D eigenvalue weighted by Gasteiger charge is -1.96. The van der Waals surface area contributed by atoms with E-state index < -0.39 is 0 Å². The SMILES string of the molecule is C(=Nc1ccccn1)c1ccc(C=Nc2ccccn2)cc1. The first kappa shape index (κ1) is 13.8. The Hall–Kier alpha value is -3.14. The number of benzene rings is 1. The molecule has 3 aromatic rings. The molecule has 22 heavy (non-hydrogen) atoms. The van der Waals surface area contributed by atoms with Gasteiger partial charge in [0, 0.05) is 24.8 Å². The summed E-state index contributed by atoms with van der Waals surface area (Å²) in [6.07, 6.45) is 7.04. The molecule has 0 amide bonds. The first-order chi connectivity index (χ1) is 10.9. The number of aliphatic imine (C=N–C) groups is 2. The van der Waals surface area contributed by atoms with Gasteiger partial charge in [0.05, 0.1) is 0 Å².